The van der Waals surface area contributed by atoms with Crippen LogP contribution in [0, 0.1) is 17.2 Å². The van der Waals surface area contributed by atoms with Crippen LogP contribution in [0.25, 0.3) is 0 Å². The van der Waals surface area contributed by atoms with Gasteiger partial charge in [-0.2, -0.15) is 5.26 Å². The van der Waals surface area contributed by atoms with Gasteiger partial charge >= 0.3 is 5.97 Å². The molecule has 152 valence electrons. The number of hydrogen-bond donors (Lipinski definition) is 1. The second kappa shape index (κ2) is 10.3. The highest BCUT2D eigenvalue weighted by Crippen LogP contribution is 2.37. The van der Waals surface area contributed by atoms with Crippen molar-refractivity contribution < 1.29 is 19.1 Å². The van der Waals surface area contributed by atoms with Gasteiger partial charge in [-0.15, -0.1) is 0 Å². The molecular weight excluding hydrogens is 460 g/mol. The Morgan fingerprint density at radius 1 is 1.28 bits per heavy atom. The molecule has 1 unspecified atom stereocenters. The fourth-order valence-electron chi connectivity index (χ4n) is 2.52. The number of esters is 1. The Morgan fingerprint density at radius 3 is 2.55 bits per heavy atom. The van der Waals surface area contributed by atoms with E-state index in [1.807, 2.05) is 6.07 Å². The number of halogens is 2. The smallest absolute Gasteiger partial charge is 0.334 e. The second-order valence-corrected chi connectivity index (χ2v) is 7.69. The maximum atomic E-state index is 12.9. The van der Waals surface area contributed by atoms with E-state index >= 15 is 0 Å². The Balaban J connectivity index is 2.28. The SMILES string of the molecule is CCOc1cc(C#N)cc(Br)c1OC(=O)C(NC(=O)c1ccccc1Cl)C(C)C. The summed E-state index contributed by atoms with van der Waals surface area (Å²) in [5.74, 6) is -0.983. The number of nitriles is 1. The average molecular weight is 480 g/mol. The molecule has 6 nitrogen and oxygen atoms in total. The Kier molecular flexibility index (Phi) is 8.06. The van der Waals surface area contributed by atoms with Crippen LogP contribution in [0.15, 0.2) is 40.9 Å². The van der Waals surface area contributed by atoms with Gasteiger partial charge in [0.25, 0.3) is 5.91 Å². The zero-order valence-electron chi connectivity index (χ0n) is 16.2. The molecule has 0 bridgehead atoms. The lowest BCUT2D eigenvalue weighted by Gasteiger charge is -2.22. The Labute approximate surface area is 182 Å². The van der Waals surface area contributed by atoms with Crippen LogP contribution in [0.3, 0.4) is 0 Å². The van der Waals surface area contributed by atoms with Crippen LogP contribution in [0.5, 0.6) is 11.5 Å². The molecule has 0 saturated carbocycles. The van der Waals surface area contributed by atoms with Gasteiger partial charge in [-0.3, -0.25) is 4.79 Å². The van der Waals surface area contributed by atoms with Crippen molar-refractivity contribution in [1.82, 2.24) is 5.32 Å². The van der Waals surface area contributed by atoms with Crippen molar-refractivity contribution in [2.45, 2.75) is 26.8 Å². The van der Waals surface area contributed by atoms with Crippen molar-refractivity contribution in [1.29, 1.82) is 5.26 Å². The zero-order chi connectivity index (χ0) is 21.6. The Morgan fingerprint density at radius 2 is 1.97 bits per heavy atom. The van der Waals surface area contributed by atoms with Crippen LogP contribution < -0.4 is 14.8 Å². The second-order valence-electron chi connectivity index (χ2n) is 6.43. The molecule has 0 saturated heterocycles. The van der Waals surface area contributed by atoms with Gasteiger partial charge < -0.3 is 14.8 Å². The van der Waals surface area contributed by atoms with Crippen molar-refractivity contribution in [3.05, 3.63) is 57.0 Å². The third kappa shape index (κ3) is 5.72. The van der Waals surface area contributed by atoms with E-state index in [0.29, 0.717) is 16.6 Å². The normalized spacial score (nSPS) is 11.5. The highest BCUT2D eigenvalue weighted by Gasteiger charge is 2.29. The number of carbonyl (C=O) groups is 2. The third-order valence-electron chi connectivity index (χ3n) is 3.97. The molecule has 1 amide bonds. The van der Waals surface area contributed by atoms with Crippen LogP contribution in [-0.4, -0.2) is 24.5 Å². The number of nitrogens with zero attached hydrogens (tertiary/aromatic N) is 1. The fraction of sp³-hybridized carbons (Fsp3) is 0.286. The van der Waals surface area contributed by atoms with E-state index in [0.717, 1.165) is 0 Å². The van der Waals surface area contributed by atoms with Gasteiger partial charge in [-0.05, 0) is 47.0 Å². The zero-order valence-corrected chi connectivity index (χ0v) is 18.5. The van der Waals surface area contributed by atoms with Crippen molar-refractivity contribution >= 4 is 39.4 Å². The van der Waals surface area contributed by atoms with Gasteiger partial charge in [-0.25, -0.2) is 4.79 Å². The van der Waals surface area contributed by atoms with Crippen molar-refractivity contribution in [3.8, 4) is 17.6 Å². The summed E-state index contributed by atoms with van der Waals surface area (Å²) >= 11 is 9.38. The fourth-order valence-corrected chi connectivity index (χ4v) is 3.27. The van der Waals surface area contributed by atoms with E-state index < -0.39 is 17.9 Å². The minimum atomic E-state index is -0.921. The van der Waals surface area contributed by atoms with E-state index in [1.165, 1.54) is 12.1 Å². The summed E-state index contributed by atoms with van der Waals surface area (Å²) in [6.07, 6.45) is 0. The summed E-state index contributed by atoms with van der Waals surface area (Å²) in [5.41, 5.74) is 0.620. The summed E-state index contributed by atoms with van der Waals surface area (Å²) in [4.78, 5) is 25.4. The average Bonchev–Trinajstić information content (AvgIpc) is 2.68. The number of ether oxygens (including phenoxy) is 2. The molecule has 29 heavy (non-hydrogen) atoms. The topological polar surface area (TPSA) is 88.4 Å². The van der Waals surface area contributed by atoms with E-state index in [2.05, 4.69) is 21.2 Å². The number of nitrogens with one attached hydrogen (secondary N) is 1. The molecule has 0 aromatic heterocycles. The van der Waals surface area contributed by atoms with Crippen LogP contribution in [0.4, 0.5) is 0 Å². The largest absolute Gasteiger partial charge is 0.490 e. The molecule has 0 heterocycles. The maximum absolute atomic E-state index is 12.9. The maximum Gasteiger partial charge on any atom is 0.334 e. The molecule has 2 rings (SSSR count). The molecule has 0 radical (unpaired) electrons. The first-order valence-corrected chi connectivity index (χ1v) is 10.1. The molecule has 0 spiro atoms. The molecule has 0 aliphatic rings. The quantitative estimate of drug-likeness (QED) is 0.458. The first-order chi connectivity index (χ1) is 13.8. The summed E-state index contributed by atoms with van der Waals surface area (Å²) in [6.45, 7) is 5.67. The summed E-state index contributed by atoms with van der Waals surface area (Å²) in [5, 5.41) is 12.1. The molecule has 0 fully saturated rings. The first kappa shape index (κ1) is 22.7. The summed E-state index contributed by atoms with van der Waals surface area (Å²) < 4.78 is 11.5. The van der Waals surface area contributed by atoms with Gasteiger partial charge in [0.2, 0.25) is 0 Å². The lowest BCUT2D eigenvalue weighted by molar-refractivity contribution is -0.137. The van der Waals surface area contributed by atoms with Gasteiger partial charge in [-0.1, -0.05) is 37.6 Å². The van der Waals surface area contributed by atoms with Gasteiger partial charge in [0.1, 0.15) is 6.04 Å². The van der Waals surface area contributed by atoms with Gasteiger partial charge in [0.15, 0.2) is 11.5 Å². The number of benzene rings is 2. The van der Waals surface area contributed by atoms with Gasteiger partial charge in [0.05, 0.1) is 33.3 Å². The van der Waals surface area contributed by atoms with E-state index in [4.69, 9.17) is 26.3 Å². The van der Waals surface area contributed by atoms with Crippen molar-refractivity contribution in [2.75, 3.05) is 6.61 Å². The number of carbonyl (C=O) groups excluding carboxylic acids is 2. The number of rotatable bonds is 7. The standard InChI is InChI=1S/C21H20BrClN2O4/c1-4-28-17-10-13(11-24)9-15(22)19(17)29-21(27)18(12(2)3)25-20(26)14-7-5-6-8-16(14)23/h5-10,12,18H,4H2,1-3H3,(H,25,26). The van der Waals surface area contributed by atoms with E-state index in [1.54, 1.807) is 45.0 Å². The molecular formula is C21H20BrClN2O4. The summed E-state index contributed by atoms with van der Waals surface area (Å²) in [6, 6.07) is 10.7. The number of amides is 1. The molecule has 2 aromatic carbocycles. The summed E-state index contributed by atoms with van der Waals surface area (Å²) in [7, 11) is 0. The van der Waals surface area contributed by atoms with Crippen LogP contribution in [-0.2, 0) is 4.79 Å². The predicted molar refractivity (Wildman–Crippen MR) is 113 cm³/mol. The van der Waals surface area contributed by atoms with Crippen molar-refractivity contribution in [3.63, 3.8) is 0 Å². The van der Waals surface area contributed by atoms with E-state index in [9.17, 15) is 9.59 Å². The molecule has 2 aromatic rings. The first-order valence-electron chi connectivity index (χ1n) is 8.92. The third-order valence-corrected chi connectivity index (χ3v) is 4.89. The van der Waals surface area contributed by atoms with Crippen LogP contribution in [0.1, 0.15) is 36.7 Å². The molecule has 1 N–H and O–H groups in total. The van der Waals surface area contributed by atoms with E-state index in [-0.39, 0.29) is 28.0 Å². The Hall–Kier alpha value is -2.56. The van der Waals surface area contributed by atoms with Crippen LogP contribution >= 0.6 is 27.5 Å². The molecule has 1 atom stereocenters. The lowest BCUT2D eigenvalue weighted by atomic mass is 10.0. The number of hydrogen-bond acceptors (Lipinski definition) is 5. The Bertz CT molecular complexity index is 956. The minimum Gasteiger partial charge on any atom is -0.490 e. The minimum absolute atomic E-state index is 0.147. The highest BCUT2D eigenvalue weighted by atomic mass is 79.9. The van der Waals surface area contributed by atoms with Gasteiger partial charge in [0, 0.05) is 6.07 Å². The monoisotopic (exact) mass is 478 g/mol. The molecule has 0 aliphatic carbocycles. The lowest BCUT2D eigenvalue weighted by Crippen LogP contribution is -2.46. The van der Waals surface area contributed by atoms with Crippen molar-refractivity contribution in [2.24, 2.45) is 5.92 Å². The predicted octanol–water partition coefficient (Wildman–Crippen LogP) is 4.73. The highest BCUT2D eigenvalue weighted by molar-refractivity contribution is 9.10. The molecule has 0 aliphatic heterocycles. The van der Waals surface area contributed by atoms with Crippen LogP contribution in [0.2, 0.25) is 5.02 Å². The molecule has 8 heteroatoms.